The number of carboxylic acid groups (broad SMARTS) is 1. The lowest BCUT2D eigenvalue weighted by atomic mass is 10.0. The predicted molar refractivity (Wildman–Crippen MR) is 85.8 cm³/mol. The Kier molecular flexibility index (Phi) is 4.63. The van der Waals surface area contributed by atoms with Crippen LogP contribution in [0, 0.1) is 13.8 Å². The molecule has 0 saturated heterocycles. The van der Waals surface area contributed by atoms with Crippen molar-refractivity contribution in [3.63, 3.8) is 0 Å². The molecule has 1 unspecified atom stereocenters. The predicted octanol–water partition coefficient (Wildman–Crippen LogP) is 3.96. The number of rotatable bonds is 5. The zero-order valence-corrected chi connectivity index (χ0v) is 12.7. The zero-order chi connectivity index (χ0) is 15.4. The van der Waals surface area contributed by atoms with Crippen LogP contribution in [0.5, 0.6) is 0 Å². The van der Waals surface area contributed by atoms with Crippen molar-refractivity contribution in [3.8, 4) is 0 Å². The molecular weight excluding hydrogens is 262 g/mol. The van der Waals surface area contributed by atoms with Gasteiger partial charge in [-0.15, -0.1) is 0 Å². The Morgan fingerprint density at radius 2 is 1.48 bits per heavy atom. The second-order valence-electron chi connectivity index (χ2n) is 5.44. The molecule has 0 aliphatic heterocycles. The third-order valence-electron chi connectivity index (χ3n) is 3.70. The van der Waals surface area contributed by atoms with Gasteiger partial charge in [-0.05, 0) is 38.5 Å². The number of benzene rings is 2. The van der Waals surface area contributed by atoms with Gasteiger partial charge in [-0.25, -0.2) is 0 Å². The molecule has 3 nitrogen and oxygen atoms in total. The summed E-state index contributed by atoms with van der Waals surface area (Å²) in [5.74, 6) is -0.825. The van der Waals surface area contributed by atoms with Gasteiger partial charge in [-0.3, -0.25) is 4.79 Å². The van der Waals surface area contributed by atoms with Crippen LogP contribution in [0.15, 0.2) is 48.5 Å². The maximum Gasteiger partial charge on any atom is 0.323 e. The van der Waals surface area contributed by atoms with Gasteiger partial charge in [0.1, 0.15) is 6.54 Å². The van der Waals surface area contributed by atoms with Gasteiger partial charge in [-0.2, -0.15) is 0 Å². The Morgan fingerprint density at radius 3 is 1.95 bits per heavy atom. The van der Waals surface area contributed by atoms with E-state index in [2.05, 4.69) is 24.3 Å². The molecule has 2 rings (SSSR count). The fraction of sp³-hybridized carbons (Fsp3) is 0.278. The first-order valence-corrected chi connectivity index (χ1v) is 7.09. The van der Waals surface area contributed by atoms with Crippen LogP contribution in [0.3, 0.4) is 0 Å². The minimum atomic E-state index is -0.825. The van der Waals surface area contributed by atoms with E-state index in [0.717, 1.165) is 16.8 Å². The zero-order valence-electron chi connectivity index (χ0n) is 12.7. The average Bonchev–Trinajstić information content (AvgIpc) is 2.46. The van der Waals surface area contributed by atoms with E-state index in [4.69, 9.17) is 0 Å². The van der Waals surface area contributed by atoms with Gasteiger partial charge in [0.05, 0.1) is 6.04 Å². The summed E-state index contributed by atoms with van der Waals surface area (Å²) in [4.78, 5) is 13.1. The minimum Gasteiger partial charge on any atom is -0.480 e. The van der Waals surface area contributed by atoms with Crippen LogP contribution in [0.4, 0.5) is 5.69 Å². The Labute approximate surface area is 125 Å². The first-order chi connectivity index (χ1) is 9.97. The monoisotopic (exact) mass is 283 g/mol. The second-order valence-corrected chi connectivity index (χ2v) is 5.44. The Morgan fingerprint density at radius 1 is 1.00 bits per heavy atom. The highest BCUT2D eigenvalue weighted by Gasteiger charge is 2.19. The molecule has 0 spiro atoms. The van der Waals surface area contributed by atoms with E-state index in [9.17, 15) is 9.90 Å². The Bertz CT molecular complexity index is 602. The third kappa shape index (κ3) is 3.85. The quantitative estimate of drug-likeness (QED) is 0.903. The summed E-state index contributed by atoms with van der Waals surface area (Å²) in [6.07, 6.45) is 0. The van der Waals surface area contributed by atoms with Crippen molar-refractivity contribution >= 4 is 11.7 Å². The molecule has 2 aromatic rings. The first kappa shape index (κ1) is 15.1. The van der Waals surface area contributed by atoms with Crippen molar-refractivity contribution in [2.45, 2.75) is 26.8 Å². The van der Waals surface area contributed by atoms with E-state index in [1.54, 1.807) is 0 Å². The van der Waals surface area contributed by atoms with E-state index in [-0.39, 0.29) is 12.6 Å². The molecule has 0 aliphatic carbocycles. The van der Waals surface area contributed by atoms with Gasteiger partial charge in [0.25, 0.3) is 0 Å². The van der Waals surface area contributed by atoms with E-state index in [0.29, 0.717) is 0 Å². The SMILES string of the molecule is Cc1ccc(C(C)N(CC(=O)O)c2ccc(C)cc2)cc1. The van der Waals surface area contributed by atoms with Crippen LogP contribution in [0.25, 0.3) is 0 Å². The molecule has 1 N–H and O–H groups in total. The number of hydrogen-bond acceptors (Lipinski definition) is 2. The molecule has 0 amide bonds. The standard InChI is InChI=1S/C18H21NO2/c1-13-4-8-16(9-5-13)15(3)19(12-18(20)21)17-10-6-14(2)7-11-17/h4-11,15H,12H2,1-3H3,(H,20,21). The van der Waals surface area contributed by atoms with Crippen LogP contribution >= 0.6 is 0 Å². The third-order valence-corrected chi connectivity index (χ3v) is 3.70. The average molecular weight is 283 g/mol. The summed E-state index contributed by atoms with van der Waals surface area (Å²) in [7, 11) is 0. The molecule has 3 heteroatoms. The highest BCUT2D eigenvalue weighted by Crippen LogP contribution is 2.27. The van der Waals surface area contributed by atoms with Crippen molar-refractivity contribution in [1.82, 2.24) is 0 Å². The lowest BCUT2D eigenvalue weighted by Gasteiger charge is -2.30. The van der Waals surface area contributed by atoms with Crippen molar-refractivity contribution in [2.24, 2.45) is 0 Å². The van der Waals surface area contributed by atoms with Gasteiger partial charge < -0.3 is 10.0 Å². The van der Waals surface area contributed by atoms with Crippen molar-refractivity contribution < 1.29 is 9.90 Å². The van der Waals surface area contributed by atoms with E-state index in [1.807, 2.05) is 49.9 Å². The summed E-state index contributed by atoms with van der Waals surface area (Å²) in [5, 5.41) is 9.20. The van der Waals surface area contributed by atoms with Crippen LogP contribution in [-0.4, -0.2) is 17.6 Å². The molecular formula is C18H21NO2. The van der Waals surface area contributed by atoms with Crippen LogP contribution in [0.2, 0.25) is 0 Å². The van der Waals surface area contributed by atoms with Crippen molar-refractivity contribution in [3.05, 3.63) is 65.2 Å². The van der Waals surface area contributed by atoms with E-state index in [1.165, 1.54) is 5.56 Å². The first-order valence-electron chi connectivity index (χ1n) is 7.09. The van der Waals surface area contributed by atoms with Gasteiger partial charge in [0.15, 0.2) is 0 Å². The molecule has 0 aliphatic rings. The van der Waals surface area contributed by atoms with Crippen molar-refractivity contribution in [1.29, 1.82) is 0 Å². The molecule has 21 heavy (non-hydrogen) atoms. The highest BCUT2D eigenvalue weighted by molar-refractivity contribution is 5.74. The molecule has 110 valence electrons. The minimum absolute atomic E-state index is 0.00408. The van der Waals surface area contributed by atoms with Crippen LogP contribution in [-0.2, 0) is 4.79 Å². The maximum atomic E-state index is 11.2. The summed E-state index contributed by atoms with van der Waals surface area (Å²) in [6.45, 7) is 6.09. The maximum absolute atomic E-state index is 11.2. The fourth-order valence-corrected chi connectivity index (χ4v) is 2.36. The molecule has 2 aromatic carbocycles. The van der Waals surface area contributed by atoms with Crippen LogP contribution < -0.4 is 4.90 Å². The van der Waals surface area contributed by atoms with Crippen LogP contribution in [0.1, 0.15) is 29.7 Å². The molecule has 0 radical (unpaired) electrons. The van der Waals surface area contributed by atoms with Gasteiger partial charge in [0.2, 0.25) is 0 Å². The Hall–Kier alpha value is -2.29. The number of aryl methyl sites for hydroxylation is 2. The van der Waals surface area contributed by atoms with Crippen molar-refractivity contribution in [2.75, 3.05) is 11.4 Å². The number of hydrogen-bond donors (Lipinski definition) is 1. The molecule has 0 saturated carbocycles. The molecule has 0 heterocycles. The number of aliphatic carboxylic acids is 1. The highest BCUT2D eigenvalue weighted by atomic mass is 16.4. The summed E-state index contributed by atoms with van der Waals surface area (Å²) >= 11 is 0. The van der Waals surface area contributed by atoms with E-state index < -0.39 is 5.97 Å². The summed E-state index contributed by atoms with van der Waals surface area (Å²) in [5.41, 5.74) is 4.40. The summed E-state index contributed by atoms with van der Waals surface area (Å²) < 4.78 is 0. The summed E-state index contributed by atoms with van der Waals surface area (Å²) in [6, 6.07) is 16.2. The van der Waals surface area contributed by atoms with Gasteiger partial charge in [0, 0.05) is 5.69 Å². The number of nitrogens with zero attached hydrogens (tertiary/aromatic N) is 1. The van der Waals surface area contributed by atoms with E-state index >= 15 is 0 Å². The largest absolute Gasteiger partial charge is 0.480 e. The van der Waals surface area contributed by atoms with Gasteiger partial charge in [-0.1, -0.05) is 47.5 Å². The number of anilines is 1. The molecule has 0 bridgehead atoms. The molecule has 0 aromatic heterocycles. The normalized spacial score (nSPS) is 12.0. The Balaban J connectivity index is 2.32. The smallest absolute Gasteiger partial charge is 0.323 e. The topological polar surface area (TPSA) is 40.5 Å². The molecule has 0 fully saturated rings. The molecule has 1 atom stereocenters. The fourth-order valence-electron chi connectivity index (χ4n) is 2.36. The van der Waals surface area contributed by atoms with Gasteiger partial charge >= 0.3 is 5.97 Å². The second kappa shape index (κ2) is 6.44. The lowest BCUT2D eigenvalue weighted by Crippen LogP contribution is -2.32. The number of carbonyl (C=O) groups is 1. The number of carboxylic acids is 1. The lowest BCUT2D eigenvalue weighted by molar-refractivity contribution is -0.135.